The van der Waals surface area contributed by atoms with Crippen LogP contribution < -0.4 is 0 Å². The fourth-order valence-electron chi connectivity index (χ4n) is 2.44. The maximum absolute atomic E-state index is 4.49. The first kappa shape index (κ1) is 12.5. The van der Waals surface area contributed by atoms with Crippen LogP contribution in [0.25, 0.3) is 0 Å². The lowest BCUT2D eigenvalue weighted by Gasteiger charge is -2.29. The summed E-state index contributed by atoms with van der Waals surface area (Å²) in [4.78, 5) is 9.30. The van der Waals surface area contributed by atoms with E-state index in [-0.39, 0.29) is 0 Å². The Labute approximate surface area is 104 Å². The molecule has 0 fully saturated rings. The number of rotatable bonds is 4. The predicted molar refractivity (Wildman–Crippen MR) is 71.1 cm³/mol. The van der Waals surface area contributed by atoms with Gasteiger partial charge in [0, 0.05) is 31.4 Å². The quantitative estimate of drug-likeness (QED) is 0.789. The summed E-state index contributed by atoms with van der Waals surface area (Å²) in [5, 5.41) is 0. The third-order valence-corrected chi connectivity index (χ3v) is 3.51. The average Bonchev–Trinajstić information content (AvgIpc) is 2.30. The number of fused-ring (bicyclic) bond motifs is 1. The minimum atomic E-state index is 1.09. The summed E-state index contributed by atoms with van der Waals surface area (Å²) in [5.74, 6) is 0. The molecule has 0 saturated heterocycles. The summed E-state index contributed by atoms with van der Waals surface area (Å²) >= 11 is 0. The van der Waals surface area contributed by atoms with Crippen molar-refractivity contribution in [1.29, 1.82) is 0 Å². The van der Waals surface area contributed by atoms with Gasteiger partial charge in [0.2, 0.25) is 0 Å². The first-order valence-corrected chi connectivity index (χ1v) is 6.47. The van der Waals surface area contributed by atoms with Gasteiger partial charge in [-0.05, 0) is 57.7 Å². The van der Waals surface area contributed by atoms with Crippen LogP contribution in [0.4, 0.5) is 0 Å². The fourth-order valence-corrected chi connectivity index (χ4v) is 2.44. The Hall–Kier alpha value is -0.930. The van der Waals surface area contributed by atoms with Gasteiger partial charge in [0.05, 0.1) is 0 Å². The number of pyridine rings is 1. The lowest BCUT2D eigenvalue weighted by atomic mass is 10.0. The Balaban J connectivity index is 1.92. The van der Waals surface area contributed by atoms with Crippen molar-refractivity contribution in [3.8, 4) is 0 Å². The Bertz CT molecular complexity index is 374. The first-order valence-electron chi connectivity index (χ1n) is 6.47. The van der Waals surface area contributed by atoms with Crippen molar-refractivity contribution in [2.45, 2.75) is 26.3 Å². The number of nitrogens with zero attached hydrogens (tertiary/aromatic N) is 3. The molecular formula is C14H23N3. The molecule has 0 N–H and O–H groups in total. The van der Waals surface area contributed by atoms with Gasteiger partial charge in [-0.3, -0.25) is 9.88 Å². The Kier molecular flexibility index (Phi) is 4.13. The van der Waals surface area contributed by atoms with Crippen LogP contribution in [0.3, 0.4) is 0 Å². The summed E-state index contributed by atoms with van der Waals surface area (Å²) in [6.45, 7) is 6.82. The molecule has 0 aromatic carbocycles. The number of hydrogen-bond acceptors (Lipinski definition) is 3. The number of aryl methyl sites for hydroxylation is 1. The predicted octanol–water partition coefficient (Wildman–Crippen LogP) is 1.70. The van der Waals surface area contributed by atoms with Gasteiger partial charge in [-0.1, -0.05) is 0 Å². The molecule has 0 saturated carbocycles. The summed E-state index contributed by atoms with van der Waals surface area (Å²) in [7, 11) is 4.28. The molecule has 2 heterocycles. The Morgan fingerprint density at radius 1 is 1.41 bits per heavy atom. The molecule has 1 aromatic rings. The highest BCUT2D eigenvalue weighted by Gasteiger charge is 2.17. The number of aromatic nitrogens is 1. The topological polar surface area (TPSA) is 19.4 Å². The Morgan fingerprint density at radius 2 is 2.24 bits per heavy atom. The monoisotopic (exact) mass is 233 g/mol. The van der Waals surface area contributed by atoms with E-state index in [1.54, 1.807) is 0 Å². The standard InChI is InChI=1S/C14H23N3/c1-12-5-7-15-14-6-10-17(11-13(12)14)9-4-8-16(2)3/h5,7H,4,6,8-11H2,1-3H3. The lowest BCUT2D eigenvalue weighted by Crippen LogP contribution is -2.33. The minimum absolute atomic E-state index is 1.09. The first-order chi connectivity index (χ1) is 8.16. The maximum atomic E-state index is 4.49. The fraction of sp³-hybridized carbons (Fsp3) is 0.643. The molecule has 1 aliphatic heterocycles. The average molecular weight is 233 g/mol. The van der Waals surface area contributed by atoms with E-state index < -0.39 is 0 Å². The Morgan fingerprint density at radius 3 is 3.00 bits per heavy atom. The van der Waals surface area contributed by atoms with E-state index in [9.17, 15) is 0 Å². The van der Waals surface area contributed by atoms with Gasteiger partial charge in [0.15, 0.2) is 0 Å². The van der Waals surface area contributed by atoms with Crippen LogP contribution in [0.5, 0.6) is 0 Å². The third-order valence-electron chi connectivity index (χ3n) is 3.51. The van der Waals surface area contributed by atoms with Gasteiger partial charge in [0.1, 0.15) is 0 Å². The van der Waals surface area contributed by atoms with E-state index >= 15 is 0 Å². The molecule has 3 nitrogen and oxygen atoms in total. The van der Waals surface area contributed by atoms with Crippen molar-refractivity contribution in [1.82, 2.24) is 14.8 Å². The van der Waals surface area contributed by atoms with Crippen LogP contribution in [0, 0.1) is 6.92 Å². The highest BCUT2D eigenvalue weighted by molar-refractivity contribution is 5.30. The molecule has 3 heteroatoms. The molecule has 0 unspecified atom stereocenters. The summed E-state index contributed by atoms with van der Waals surface area (Å²) in [6.07, 6.45) is 4.30. The molecule has 2 rings (SSSR count). The van der Waals surface area contributed by atoms with Gasteiger partial charge in [-0.25, -0.2) is 0 Å². The van der Waals surface area contributed by atoms with Crippen molar-refractivity contribution in [3.05, 3.63) is 29.1 Å². The van der Waals surface area contributed by atoms with Gasteiger partial charge in [-0.15, -0.1) is 0 Å². The second-order valence-electron chi connectivity index (χ2n) is 5.24. The van der Waals surface area contributed by atoms with Crippen LogP contribution in [-0.2, 0) is 13.0 Å². The highest BCUT2D eigenvalue weighted by Crippen LogP contribution is 2.20. The van der Waals surface area contributed by atoms with E-state index in [2.05, 4.69) is 41.9 Å². The molecule has 0 radical (unpaired) electrons. The van der Waals surface area contributed by atoms with Gasteiger partial charge >= 0.3 is 0 Å². The summed E-state index contributed by atoms with van der Waals surface area (Å²) in [6, 6.07) is 2.13. The van der Waals surface area contributed by atoms with E-state index in [1.165, 1.54) is 36.3 Å². The van der Waals surface area contributed by atoms with Crippen LogP contribution in [0.15, 0.2) is 12.3 Å². The smallest absolute Gasteiger partial charge is 0.0463 e. The molecule has 17 heavy (non-hydrogen) atoms. The van der Waals surface area contributed by atoms with E-state index in [4.69, 9.17) is 0 Å². The van der Waals surface area contributed by atoms with Crippen LogP contribution >= 0.6 is 0 Å². The van der Waals surface area contributed by atoms with Crippen LogP contribution in [0.1, 0.15) is 23.2 Å². The van der Waals surface area contributed by atoms with E-state index in [1.807, 2.05) is 6.20 Å². The van der Waals surface area contributed by atoms with Crippen molar-refractivity contribution in [2.24, 2.45) is 0 Å². The molecular weight excluding hydrogens is 210 g/mol. The van der Waals surface area contributed by atoms with Crippen molar-refractivity contribution in [3.63, 3.8) is 0 Å². The number of hydrogen-bond donors (Lipinski definition) is 0. The normalized spacial score (nSPS) is 16.2. The molecule has 0 amide bonds. The molecule has 1 aromatic heterocycles. The molecule has 0 aliphatic carbocycles. The van der Waals surface area contributed by atoms with Gasteiger partial charge in [0.25, 0.3) is 0 Å². The highest BCUT2D eigenvalue weighted by atomic mass is 15.1. The molecule has 0 bridgehead atoms. The molecule has 94 valence electrons. The maximum Gasteiger partial charge on any atom is 0.0463 e. The van der Waals surface area contributed by atoms with Crippen LogP contribution in [-0.4, -0.2) is 48.5 Å². The zero-order valence-electron chi connectivity index (χ0n) is 11.2. The van der Waals surface area contributed by atoms with Gasteiger partial charge in [-0.2, -0.15) is 0 Å². The second kappa shape index (κ2) is 5.61. The van der Waals surface area contributed by atoms with Crippen molar-refractivity contribution < 1.29 is 0 Å². The third kappa shape index (κ3) is 3.27. The van der Waals surface area contributed by atoms with Crippen LogP contribution in [0.2, 0.25) is 0 Å². The van der Waals surface area contributed by atoms with Crippen molar-refractivity contribution in [2.75, 3.05) is 33.7 Å². The zero-order chi connectivity index (χ0) is 12.3. The summed E-state index contributed by atoms with van der Waals surface area (Å²) in [5.41, 5.74) is 4.17. The van der Waals surface area contributed by atoms with Gasteiger partial charge < -0.3 is 4.90 Å². The second-order valence-corrected chi connectivity index (χ2v) is 5.24. The minimum Gasteiger partial charge on any atom is -0.309 e. The zero-order valence-corrected chi connectivity index (χ0v) is 11.2. The molecule has 1 aliphatic rings. The lowest BCUT2D eigenvalue weighted by molar-refractivity contribution is 0.236. The largest absolute Gasteiger partial charge is 0.309 e. The summed E-state index contributed by atoms with van der Waals surface area (Å²) < 4.78 is 0. The van der Waals surface area contributed by atoms with Crippen molar-refractivity contribution >= 4 is 0 Å². The van der Waals surface area contributed by atoms with E-state index in [0.717, 1.165) is 19.5 Å². The SMILES string of the molecule is Cc1ccnc2c1CN(CCCN(C)C)CC2. The molecule has 0 atom stereocenters. The molecule has 0 spiro atoms. The van der Waals surface area contributed by atoms with E-state index in [0.29, 0.717) is 0 Å².